The van der Waals surface area contributed by atoms with Gasteiger partial charge in [0.15, 0.2) is 5.78 Å². The molecule has 4 atom stereocenters. The van der Waals surface area contributed by atoms with Gasteiger partial charge in [0.25, 0.3) is 0 Å². The maximum atomic E-state index is 13.8. The molecule has 1 aromatic rings. The van der Waals surface area contributed by atoms with Crippen molar-refractivity contribution in [1.82, 2.24) is 0 Å². The lowest BCUT2D eigenvalue weighted by Crippen LogP contribution is -2.56. The molecule has 130 valence electrons. The Kier molecular flexibility index (Phi) is 3.55. The first kappa shape index (κ1) is 15.9. The highest BCUT2D eigenvalue weighted by molar-refractivity contribution is 8.01. The third-order valence-electron chi connectivity index (χ3n) is 6.71. The molecule has 3 heterocycles. The van der Waals surface area contributed by atoms with E-state index in [9.17, 15) is 4.79 Å². The van der Waals surface area contributed by atoms with Crippen LogP contribution in [0.5, 0.6) is 0 Å². The van der Waals surface area contributed by atoms with Crippen molar-refractivity contribution in [3.05, 3.63) is 59.7 Å². The lowest BCUT2D eigenvalue weighted by Gasteiger charge is -2.44. The SMILES string of the molecule is C=CCC1(C(=O)c2ccccc2)SC[C@@H]2C[C@@H]3O[C@@]21C1=C3CCCC1. The van der Waals surface area contributed by atoms with Gasteiger partial charge in [0.05, 0.1) is 6.10 Å². The normalized spacial score (nSPS) is 38.6. The van der Waals surface area contributed by atoms with Crippen LogP contribution in [0.1, 0.15) is 48.9 Å². The van der Waals surface area contributed by atoms with Crippen LogP contribution in [0.3, 0.4) is 0 Å². The predicted molar refractivity (Wildman–Crippen MR) is 102 cm³/mol. The van der Waals surface area contributed by atoms with E-state index in [0.717, 1.165) is 24.2 Å². The molecule has 0 saturated carbocycles. The van der Waals surface area contributed by atoms with Crippen molar-refractivity contribution >= 4 is 17.5 Å². The number of rotatable bonds is 4. The number of carbonyl (C=O) groups excluding carboxylic acids is 1. The molecule has 3 aliphatic heterocycles. The smallest absolute Gasteiger partial charge is 0.182 e. The summed E-state index contributed by atoms with van der Waals surface area (Å²) in [5.74, 6) is 1.74. The Hall–Kier alpha value is -1.32. The van der Waals surface area contributed by atoms with Crippen LogP contribution in [0.15, 0.2) is 54.1 Å². The summed E-state index contributed by atoms with van der Waals surface area (Å²) in [4.78, 5) is 13.8. The highest BCUT2D eigenvalue weighted by atomic mass is 32.2. The summed E-state index contributed by atoms with van der Waals surface area (Å²) in [6.07, 6.45) is 8.79. The summed E-state index contributed by atoms with van der Waals surface area (Å²) < 4.78 is 6.24. The second-order valence-electron chi connectivity index (χ2n) is 7.81. The van der Waals surface area contributed by atoms with Gasteiger partial charge in [-0.15, -0.1) is 18.3 Å². The number of ether oxygens (including phenoxy) is 1. The van der Waals surface area contributed by atoms with Crippen LogP contribution in [0.2, 0.25) is 0 Å². The molecule has 25 heavy (non-hydrogen) atoms. The number of ketones is 1. The molecule has 0 radical (unpaired) electrons. The Labute approximate surface area is 153 Å². The van der Waals surface area contributed by atoms with Gasteiger partial charge in [-0.3, -0.25) is 4.79 Å². The van der Waals surface area contributed by atoms with Crippen molar-refractivity contribution in [3.63, 3.8) is 0 Å². The van der Waals surface area contributed by atoms with Crippen LogP contribution >= 0.6 is 11.8 Å². The van der Waals surface area contributed by atoms with E-state index in [1.54, 1.807) is 5.57 Å². The van der Waals surface area contributed by atoms with Gasteiger partial charge in [0, 0.05) is 17.2 Å². The molecule has 1 unspecified atom stereocenters. The molecule has 1 spiro atoms. The van der Waals surface area contributed by atoms with Crippen molar-refractivity contribution < 1.29 is 9.53 Å². The number of hydrogen-bond donors (Lipinski definition) is 0. The lowest BCUT2D eigenvalue weighted by molar-refractivity contribution is -0.0129. The summed E-state index contributed by atoms with van der Waals surface area (Å²) >= 11 is 1.84. The molecular weight excluding hydrogens is 328 g/mol. The second kappa shape index (κ2) is 5.59. The van der Waals surface area contributed by atoms with Crippen molar-refractivity contribution in [2.24, 2.45) is 5.92 Å². The van der Waals surface area contributed by atoms with Gasteiger partial charge < -0.3 is 4.74 Å². The number of Topliss-reactive ketones (excluding diaryl/α,β-unsaturated/α-hetero) is 1. The maximum absolute atomic E-state index is 13.8. The van der Waals surface area contributed by atoms with Crippen LogP contribution < -0.4 is 0 Å². The molecule has 2 saturated heterocycles. The zero-order valence-corrected chi connectivity index (χ0v) is 15.3. The van der Waals surface area contributed by atoms with Crippen LogP contribution in [-0.4, -0.2) is 28.0 Å². The number of hydrogen-bond acceptors (Lipinski definition) is 3. The van der Waals surface area contributed by atoms with Gasteiger partial charge in [-0.2, -0.15) is 0 Å². The molecule has 0 aromatic heterocycles. The van der Waals surface area contributed by atoms with Gasteiger partial charge in [0.2, 0.25) is 0 Å². The monoisotopic (exact) mass is 352 g/mol. The molecule has 1 aromatic carbocycles. The molecule has 1 aliphatic carbocycles. The molecule has 0 N–H and O–H groups in total. The summed E-state index contributed by atoms with van der Waals surface area (Å²) in [7, 11) is 0. The van der Waals surface area contributed by atoms with E-state index in [4.69, 9.17) is 4.74 Å². The van der Waals surface area contributed by atoms with Gasteiger partial charge in [-0.1, -0.05) is 36.4 Å². The number of allylic oxidation sites excluding steroid dienone is 1. The highest BCUT2D eigenvalue weighted by Crippen LogP contribution is 2.68. The fourth-order valence-electron chi connectivity index (χ4n) is 5.80. The van der Waals surface area contributed by atoms with Crippen LogP contribution in [0.25, 0.3) is 0 Å². The average Bonchev–Trinajstić information content (AvgIpc) is 3.30. The highest BCUT2D eigenvalue weighted by Gasteiger charge is 2.73. The maximum Gasteiger partial charge on any atom is 0.182 e. The fraction of sp³-hybridized carbons (Fsp3) is 0.500. The van der Waals surface area contributed by atoms with Crippen molar-refractivity contribution in [2.45, 2.75) is 55.0 Å². The van der Waals surface area contributed by atoms with Crippen LogP contribution in [0, 0.1) is 5.92 Å². The molecule has 0 amide bonds. The summed E-state index contributed by atoms with van der Waals surface area (Å²) in [5, 5.41) is 0. The first-order valence-electron chi connectivity index (χ1n) is 9.48. The molecule has 2 bridgehead atoms. The standard InChI is InChI=1S/C22H24O2S/c1-2-12-21(20(23)15-8-4-3-5-9-15)22-16(14-25-21)13-19(24-22)17-10-6-7-11-18(17)22/h2-5,8-9,16,19H,1,6-7,10-14H2/t16-,19-,21?,22+/m0/s1. The van der Waals surface area contributed by atoms with E-state index in [2.05, 4.69) is 6.58 Å². The first-order chi connectivity index (χ1) is 12.2. The first-order valence-corrected chi connectivity index (χ1v) is 10.5. The molecule has 2 nitrogen and oxygen atoms in total. The van der Waals surface area contributed by atoms with E-state index in [0.29, 0.717) is 12.3 Å². The minimum absolute atomic E-state index is 0.237. The summed E-state index contributed by atoms with van der Waals surface area (Å²) in [5.41, 5.74) is 3.47. The van der Waals surface area contributed by atoms with E-state index in [1.165, 1.54) is 24.8 Å². The van der Waals surface area contributed by atoms with Gasteiger partial charge >= 0.3 is 0 Å². The molecule has 3 heteroatoms. The summed E-state index contributed by atoms with van der Waals surface area (Å²) in [6, 6.07) is 9.80. The number of fused-ring (bicyclic) bond motifs is 2. The molecule has 2 fully saturated rings. The topological polar surface area (TPSA) is 26.3 Å². The number of thioether (sulfide) groups is 1. The zero-order chi connectivity index (χ0) is 17.1. The van der Waals surface area contributed by atoms with Crippen molar-refractivity contribution in [2.75, 3.05) is 5.75 Å². The third kappa shape index (κ3) is 1.89. The zero-order valence-electron chi connectivity index (χ0n) is 14.5. The molecule has 4 aliphatic rings. The largest absolute Gasteiger partial charge is 0.361 e. The van der Waals surface area contributed by atoms with Crippen LogP contribution in [0.4, 0.5) is 0 Å². The van der Waals surface area contributed by atoms with Crippen molar-refractivity contribution in [1.29, 1.82) is 0 Å². The lowest BCUT2D eigenvalue weighted by atomic mass is 9.63. The predicted octanol–water partition coefficient (Wildman–Crippen LogP) is 4.96. The quantitative estimate of drug-likeness (QED) is 0.566. The van der Waals surface area contributed by atoms with Gasteiger partial charge in [-0.05, 0) is 49.7 Å². The Bertz CT molecular complexity index is 767. The Balaban J connectivity index is 1.68. The summed E-state index contributed by atoms with van der Waals surface area (Å²) in [6.45, 7) is 4.01. The number of benzene rings is 1. The average molecular weight is 352 g/mol. The molecular formula is C22H24O2S. The Morgan fingerprint density at radius 2 is 2.08 bits per heavy atom. The number of carbonyl (C=O) groups is 1. The Morgan fingerprint density at radius 3 is 2.88 bits per heavy atom. The van der Waals surface area contributed by atoms with E-state index < -0.39 is 4.75 Å². The Morgan fingerprint density at radius 1 is 1.28 bits per heavy atom. The van der Waals surface area contributed by atoms with E-state index in [-0.39, 0.29) is 17.5 Å². The van der Waals surface area contributed by atoms with E-state index >= 15 is 0 Å². The van der Waals surface area contributed by atoms with Gasteiger partial charge in [-0.25, -0.2) is 0 Å². The third-order valence-corrected chi connectivity index (χ3v) is 8.43. The minimum atomic E-state index is -0.538. The fourth-order valence-corrected chi connectivity index (χ4v) is 7.69. The van der Waals surface area contributed by atoms with Gasteiger partial charge in [0.1, 0.15) is 10.3 Å². The molecule has 5 rings (SSSR count). The van der Waals surface area contributed by atoms with E-state index in [1.807, 2.05) is 48.2 Å². The minimum Gasteiger partial charge on any atom is -0.361 e. The van der Waals surface area contributed by atoms with Crippen molar-refractivity contribution in [3.8, 4) is 0 Å². The second-order valence-corrected chi connectivity index (χ2v) is 9.13. The van der Waals surface area contributed by atoms with Crippen LogP contribution in [-0.2, 0) is 4.74 Å².